The number of nitrogens with zero attached hydrogens (tertiary/aromatic N) is 1. The lowest BCUT2D eigenvalue weighted by molar-refractivity contribution is -0.120. The van der Waals surface area contributed by atoms with Gasteiger partial charge < -0.3 is 25.5 Å². The Morgan fingerprint density at radius 2 is 1.84 bits per heavy atom. The van der Waals surface area contributed by atoms with E-state index >= 15 is 0 Å². The largest absolute Gasteiger partial charge is 0.465 e. The van der Waals surface area contributed by atoms with Crippen molar-refractivity contribution in [3.63, 3.8) is 0 Å². The molecule has 0 unspecified atom stereocenters. The van der Waals surface area contributed by atoms with Crippen LogP contribution in [0.1, 0.15) is 40.2 Å². The predicted octanol–water partition coefficient (Wildman–Crippen LogP) is 2.19. The van der Waals surface area contributed by atoms with E-state index in [1.165, 1.54) is 35.6 Å². The molecule has 0 aliphatic heterocycles. The standard InChI is InChI=1S/C25H27FN4O7S/c1-27-24(32)22-19-11-18(14-2-3-14)16(10-20(19)37-23(22)15-4-6-17(26)7-5-15)13-30(38(35)36)9-8-28-21(31)12-29-25(33)34/h4-7,10-11,14,29,38H,2-3,8-9,12-13H2,1H3,(H,27,32)(H,28,31)(H,33,34). The van der Waals surface area contributed by atoms with Gasteiger partial charge in [0.25, 0.3) is 5.91 Å². The summed E-state index contributed by atoms with van der Waals surface area (Å²) in [5.74, 6) is -0.882. The second-order valence-electron chi connectivity index (χ2n) is 8.85. The van der Waals surface area contributed by atoms with E-state index in [9.17, 15) is 27.2 Å². The second-order valence-corrected chi connectivity index (χ2v) is 9.89. The van der Waals surface area contributed by atoms with Crippen molar-refractivity contribution in [3.8, 4) is 11.3 Å². The first-order valence-corrected chi connectivity index (χ1v) is 13.0. The highest BCUT2D eigenvalue weighted by Gasteiger charge is 2.30. The highest BCUT2D eigenvalue weighted by molar-refractivity contribution is 7.69. The number of thiol groups is 1. The van der Waals surface area contributed by atoms with Crippen molar-refractivity contribution in [2.75, 3.05) is 26.7 Å². The maximum atomic E-state index is 13.5. The fraction of sp³-hybridized carbons (Fsp3) is 0.320. The van der Waals surface area contributed by atoms with Crippen molar-refractivity contribution < 1.29 is 36.7 Å². The molecule has 3 amide bonds. The summed E-state index contributed by atoms with van der Waals surface area (Å²) in [5.41, 5.74) is 2.84. The zero-order valence-electron chi connectivity index (χ0n) is 20.5. The molecule has 1 fully saturated rings. The number of carboxylic acid groups (broad SMARTS) is 1. The number of hydrogen-bond acceptors (Lipinski definition) is 6. The smallest absolute Gasteiger partial charge is 0.405 e. The van der Waals surface area contributed by atoms with Gasteiger partial charge in [0.1, 0.15) is 17.2 Å². The minimum absolute atomic E-state index is 0.0132. The van der Waals surface area contributed by atoms with Gasteiger partial charge in [-0.2, -0.15) is 4.31 Å². The summed E-state index contributed by atoms with van der Waals surface area (Å²) in [6.07, 6.45) is 0.506. The Morgan fingerprint density at radius 1 is 1.13 bits per heavy atom. The highest BCUT2D eigenvalue weighted by Crippen LogP contribution is 2.45. The number of benzene rings is 2. The predicted molar refractivity (Wildman–Crippen MR) is 137 cm³/mol. The van der Waals surface area contributed by atoms with E-state index in [1.54, 1.807) is 6.07 Å². The Morgan fingerprint density at radius 3 is 2.45 bits per heavy atom. The quantitative estimate of drug-likeness (QED) is 0.231. The van der Waals surface area contributed by atoms with Gasteiger partial charge in [0.2, 0.25) is 16.8 Å². The minimum Gasteiger partial charge on any atom is -0.465 e. The third-order valence-corrected chi connectivity index (χ3v) is 7.01. The SMILES string of the molecule is CNC(=O)c1c(-c2ccc(F)cc2)oc2cc(CN(CCNC(=O)CNC(=O)O)[SH](=O)=O)c(C3CC3)cc12. The molecule has 4 N–H and O–H groups in total. The van der Waals surface area contributed by atoms with Crippen LogP contribution in [0.25, 0.3) is 22.3 Å². The van der Waals surface area contributed by atoms with Crippen LogP contribution < -0.4 is 16.0 Å². The lowest BCUT2D eigenvalue weighted by atomic mass is 9.97. The lowest BCUT2D eigenvalue weighted by Crippen LogP contribution is -2.39. The van der Waals surface area contributed by atoms with Crippen LogP contribution in [0.2, 0.25) is 0 Å². The molecule has 3 aromatic rings. The van der Waals surface area contributed by atoms with Crippen LogP contribution in [-0.2, 0) is 22.2 Å². The van der Waals surface area contributed by atoms with Gasteiger partial charge in [-0.3, -0.25) is 9.59 Å². The number of amides is 3. The van der Waals surface area contributed by atoms with Crippen LogP contribution >= 0.6 is 0 Å². The molecule has 0 spiro atoms. The molecule has 1 heterocycles. The van der Waals surface area contributed by atoms with Crippen LogP contribution in [0.3, 0.4) is 0 Å². The Bertz CT molecular complexity index is 1440. The third kappa shape index (κ3) is 6.29. The van der Waals surface area contributed by atoms with Crippen molar-refractivity contribution >= 4 is 39.8 Å². The molecule has 202 valence electrons. The molecular formula is C25H27FN4O7S. The molecule has 0 bridgehead atoms. The maximum Gasteiger partial charge on any atom is 0.405 e. The van der Waals surface area contributed by atoms with Gasteiger partial charge in [0, 0.05) is 37.6 Å². The number of fused-ring (bicyclic) bond motifs is 1. The Balaban J connectivity index is 1.65. The lowest BCUT2D eigenvalue weighted by Gasteiger charge is -2.18. The van der Waals surface area contributed by atoms with Gasteiger partial charge in [-0.05, 0) is 66.3 Å². The summed E-state index contributed by atoms with van der Waals surface area (Å²) >= 11 is 0. The molecule has 0 atom stereocenters. The Kier molecular flexibility index (Phi) is 8.27. The number of carbonyl (C=O) groups is 3. The topological polar surface area (TPSA) is 158 Å². The van der Waals surface area contributed by atoms with Crippen molar-refractivity contribution in [2.45, 2.75) is 25.3 Å². The molecule has 38 heavy (non-hydrogen) atoms. The van der Waals surface area contributed by atoms with Crippen molar-refractivity contribution in [1.29, 1.82) is 0 Å². The average molecular weight is 547 g/mol. The van der Waals surface area contributed by atoms with Gasteiger partial charge in [-0.15, -0.1) is 0 Å². The Labute approximate surface area is 219 Å². The zero-order valence-corrected chi connectivity index (χ0v) is 21.3. The van der Waals surface area contributed by atoms with E-state index in [1.807, 2.05) is 11.4 Å². The van der Waals surface area contributed by atoms with Gasteiger partial charge in [-0.25, -0.2) is 17.6 Å². The molecule has 1 saturated carbocycles. The molecule has 2 aromatic carbocycles. The molecule has 13 heteroatoms. The summed E-state index contributed by atoms with van der Waals surface area (Å²) in [5, 5.41) is 16.2. The van der Waals surface area contributed by atoms with Crippen LogP contribution in [-0.4, -0.2) is 62.4 Å². The van der Waals surface area contributed by atoms with Gasteiger partial charge in [0.05, 0.1) is 12.1 Å². The molecular weight excluding hydrogens is 519 g/mol. The van der Waals surface area contributed by atoms with E-state index in [0.29, 0.717) is 27.7 Å². The molecule has 0 saturated heterocycles. The van der Waals surface area contributed by atoms with E-state index < -0.39 is 35.3 Å². The van der Waals surface area contributed by atoms with Gasteiger partial charge in [-0.1, -0.05) is 0 Å². The zero-order chi connectivity index (χ0) is 27.4. The van der Waals surface area contributed by atoms with Crippen LogP contribution in [0, 0.1) is 5.82 Å². The normalized spacial score (nSPS) is 13.2. The summed E-state index contributed by atoms with van der Waals surface area (Å²) in [6.45, 7) is -0.460. The average Bonchev–Trinajstić information content (AvgIpc) is 3.66. The number of carbonyl (C=O) groups excluding carboxylic acids is 2. The van der Waals surface area contributed by atoms with Crippen molar-refractivity contribution in [2.24, 2.45) is 0 Å². The number of furan rings is 1. The second kappa shape index (κ2) is 11.6. The fourth-order valence-electron chi connectivity index (χ4n) is 4.23. The van der Waals surface area contributed by atoms with Crippen LogP contribution in [0.15, 0.2) is 40.8 Å². The molecule has 0 radical (unpaired) electrons. The van der Waals surface area contributed by atoms with E-state index in [4.69, 9.17) is 9.52 Å². The third-order valence-electron chi connectivity index (χ3n) is 6.20. The molecule has 1 aliphatic rings. The Hall–Kier alpha value is -3.97. The van der Waals surface area contributed by atoms with E-state index in [-0.39, 0.29) is 37.2 Å². The van der Waals surface area contributed by atoms with Crippen molar-refractivity contribution in [3.05, 3.63) is 58.9 Å². The summed E-state index contributed by atoms with van der Waals surface area (Å²) < 4.78 is 44.8. The monoisotopic (exact) mass is 546 g/mol. The number of hydrogen-bond donors (Lipinski definition) is 5. The first kappa shape index (κ1) is 27.1. The van der Waals surface area contributed by atoms with Gasteiger partial charge in [0.15, 0.2) is 0 Å². The van der Waals surface area contributed by atoms with Crippen molar-refractivity contribution in [1.82, 2.24) is 20.3 Å². The number of rotatable bonds is 11. The number of nitrogens with one attached hydrogen (secondary N) is 3. The fourth-order valence-corrected chi connectivity index (χ4v) is 4.76. The molecule has 1 aliphatic carbocycles. The first-order chi connectivity index (χ1) is 18.2. The van der Waals surface area contributed by atoms with Gasteiger partial charge >= 0.3 is 6.09 Å². The summed E-state index contributed by atoms with van der Waals surface area (Å²) in [7, 11) is -1.50. The number of halogens is 1. The molecule has 1 aromatic heterocycles. The van der Waals surface area contributed by atoms with Crippen LogP contribution in [0.4, 0.5) is 9.18 Å². The maximum absolute atomic E-state index is 13.5. The summed E-state index contributed by atoms with van der Waals surface area (Å²) in [4.78, 5) is 35.1. The van der Waals surface area contributed by atoms with E-state index in [0.717, 1.165) is 18.4 Å². The van der Waals surface area contributed by atoms with E-state index in [2.05, 4.69) is 10.6 Å². The van der Waals surface area contributed by atoms with Crippen LogP contribution in [0.5, 0.6) is 0 Å². The minimum atomic E-state index is -3.00. The molecule has 11 nitrogen and oxygen atoms in total. The highest BCUT2D eigenvalue weighted by atomic mass is 32.2. The first-order valence-electron chi connectivity index (χ1n) is 11.9. The molecule has 4 rings (SSSR count). The summed E-state index contributed by atoms with van der Waals surface area (Å²) in [6, 6.07) is 9.17.